The lowest BCUT2D eigenvalue weighted by Gasteiger charge is -2.34. The molecule has 2 aromatic rings. The first-order valence-electron chi connectivity index (χ1n) is 8.10. The summed E-state index contributed by atoms with van der Waals surface area (Å²) in [6, 6.07) is 7.87. The molecule has 138 valence electrons. The van der Waals surface area contributed by atoms with E-state index in [-0.39, 0.29) is 17.3 Å². The zero-order chi connectivity index (χ0) is 18.7. The molecule has 1 aliphatic heterocycles. The molecule has 0 saturated carbocycles. The fraction of sp³-hybridized carbons (Fsp3) is 0.333. The number of ketones is 1. The van der Waals surface area contributed by atoms with E-state index in [0.29, 0.717) is 37.6 Å². The standard InChI is InChI=1S/C18H17F3N2O2S/c19-18(20,21)14-5-3-13(4-6-14)17(25)23-9-7-22(8-10-23)12-15(24)16-2-1-11-26-16/h1-6,11H,7-10,12H2. The van der Waals surface area contributed by atoms with Gasteiger partial charge in [-0.1, -0.05) is 6.07 Å². The van der Waals surface area contributed by atoms with Crippen molar-refractivity contribution in [1.29, 1.82) is 0 Å². The normalized spacial score (nSPS) is 15.9. The Hall–Kier alpha value is -2.19. The van der Waals surface area contributed by atoms with Gasteiger partial charge in [0, 0.05) is 31.7 Å². The molecular weight excluding hydrogens is 365 g/mol. The van der Waals surface area contributed by atoms with Crippen LogP contribution in [0.4, 0.5) is 13.2 Å². The SMILES string of the molecule is O=C(CN1CCN(C(=O)c2ccc(C(F)(F)F)cc2)CC1)c1cccs1. The maximum Gasteiger partial charge on any atom is 0.416 e. The minimum Gasteiger partial charge on any atom is -0.336 e. The maximum atomic E-state index is 12.6. The number of nitrogens with zero attached hydrogens (tertiary/aromatic N) is 2. The second-order valence-corrected chi connectivity index (χ2v) is 6.99. The first-order valence-corrected chi connectivity index (χ1v) is 8.98. The topological polar surface area (TPSA) is 40.6 Å². The second kappa shape index (κ2) is 7.59. The summed E-state index contributed by atoms with van der Waals surface area (Å²) in [6.07, 6.45) is -4.41. The van der Waals surface area contributed by atoms with Crippen molar-refractivity contribution in [3.05, 3.63) is 57.8 Å². The number of hydrogen-bond acceptors (Lipinski definition) is 4. The summed E-state index contributed by atoms with van der Waals surface area (Å²) in [5, 5.41) is 1.86. The Morgan fingerprint density at radius 3 is 2.19 bits per heavy atom. The van der Waals surface area contributed by atoms with E-state index in [1.165, 1.54) is 23.5 Å². The van der Waals surface area contributed by atoms with E-state index >= 15 is 0 Å². The third-order valence-electron chi connectivity index (χ3n) is 4.28. The quantitative estimate of drug-likeness (QED) is 0.761. The molecule has 1 fully saturated rings. The highest BCUT2D eigenvalue weighted by Crippen LogP contribution is 2.29. The molecule has 0 atom stereocenters. The molecule has 1 aliphatic rings. The van der Waals surface area contributed by atoms with E-state index in [0.717, 1.165) is 12.1 Å². The maximum absolute atomic E-state index is 12.6. The molecule has 0 spiro atoms. The van der Waals surface area contributed by atoms with Gasteiger partial charge in [-0.15, -0.1) is 11.3 Å². The van der Waals surface area contributed by atoms with Crippen molar-refractivity contribution in [2.45, 2.75) is 6.18 Å². The number of alkyl halides is 3. The van der Waals surface area contributed by atoms with Gasteiger partial charge in [-0.05, 0) is 35.7 Å². The van der Waals surface area contributed by atoms with Crippen molar-refractivity contribution in [3.63, 3.8) is 0 Å². The molecule has 4 nitrogen and oxygen atoms in total. The highest BCUT2D eigenvalue weighted by Gasteiger charge is 2.30. The summed E-state index contributed by atoms with van der Waals surface area (Å²) in [5.41, 5.74) is -0.535. The van der Waals surface area contributed by atoms with Crippen LogP contribution in [-0.4, -0.2) is 54.2 Å². The molecule has 0 N–H and O–H groups in total. The van der Waals surface area contributed by atoms with Crippen molar-refractivity contribution in [3.8, 4) is 0 Å². The smallest absolute Gasteiger partial charge is 0.336 e. The molecule has 0 bridgehead atoms. The van der Waals surface area contributed by atoms with Gasteiger partial charge in [-0.3, -0.25) is 14.5 Å². The first kappa shape index (κ1) is 18.6. The monoisotopic (exact) mass is 382 g/mol. The van der Waals surface area contributed by atoms with E-state index in [9.17, 15) is 22.8 Å². The number of piperazine rings is 1. The molecular formula is C18H17F3N2O2S. The number of benzene rings is 1. The summed E-state index contributed by atoms with van der Waals surface area (Å²) in [6.45, 7) is 2.31. The summed E-state index contributed by atoms with van der Waals surface area (Å²) >= 11 is 1.40. The number of thiophene rings is 1. The Balaban J connectivity index is 1.54. The van der Waals surface area contributed by atoms with E-state index in [4.69, 9.17) is 0 Å². The van der Waals surface area contributed by atoms with Crippen molar-refractivity contribution in [2.24, 2.45) is 0 Å². The van der Waals surface area contributed by atoms with Crippen LogP contribution in [0, 0.1) is 0 Å². The lowest BCUT2D eigenvalue weighted by atomic mass is 10.1. The number of halogens is 3. The lowest BCUT2D eigenvalue weighted by Crippen LogP contribution is -2.49. The fourth-order valence-corrected chi connectivity index (χ4v) is 3.47. The van der Waals surface area contributed by atoms with Crippen molar-refractivity contribution in [2.75, 3.05) is 32.7 Å². The van der Waals surface area contributed by atoms with Crippen LogP contribution >= 0.6 is 11.3 Å². The van der Waals surface area contributed by atoms with E-state index in [2.05, 4.69) is 0 Å². The Labute approximate surface area is 152 Å². The molecule has 1 aromatic carbocycles. The third kappa shape index (κ3) is 4.31. The molecule has 0 unspecified atom stereocenters. The van der Waals surface area contributed by atoms with Gasteiger partial charge in [0.15, 0.2) is 5.78 Å². The second-order valence-electron chi connectivity index (χ2n) is 6.04. The predicted molar refractivity (Wildman–Crippen MR) is 92.4 cm³/mol. The number of amides is 1. The molecule has 3 rings (SSSR count). The highest BCUT2D eigenvalue weighted by molar-refractivity contribution is 7.12. The van der Waals surface area contributed by atoms with Crippen LogP contribution in [0.25, 0.3) is 0 Å². The number of Topliss-reactive ketones (excluding diaryl/α,β-unsaturated/α-hetero) is 1. The Bertz CT molecular complexity index is 765. The summed E-state index contributed by atoms with van der Waals surface area (Å²) in [4.78, 5) is 28.9. The van der Waals surface area contributed by atoms with E-state index < -0.39 is 11.7 Å². The molecule has 8 heteroatoms. The first-order chi connectivity index (χ1) is 12.3. The van der Waals surface area contributed by atoms with Crippen molar-refractivity contribution >= 4 is 23.0 Å². The molecule has 0 radical (unpaired) electrons. The molecule has 1 saturated heterocycles. The van der Waals surface area contributed by atoms with Crippen LogP contribution in [0.3, 0.4) is 0 Å². The molecule has 0 aliphatic carbocycles. The van der Waals surface area contributed by atoms with Crippen LogP contribution in [0.15, 0.2) is 41.8 Å². The van der Waals surface area contributed by atoms with Crippen molar-refractivity contribution in [1.82, 2.24) is 9.80 Å². The summed E-state index contributed by atoms with van der Waals surface area (Å²) in [5.74, 6) is -0.231. The van der Waals surface area contributed by atoms with Gasteiger partial charge < -0.3 is 4.90 Å². The van der Waals surface area contributed by atoms with Gasteiger partial charge in [0.05, 0.1) is 17.0 Å². The lowest BCUT2D eigenvalue weighted by molar-refractivity contribution is -0.137. The van der Waals surface area contributed by atoms with Gasteiger partial charge in [0.1, 0.15) is 0 Å². The minimum atomic E-state index is -4.41. The van der Waals surface area contributed by atoms with E-state index in [1.54, 1.807) is 11.0 Å². The largest absolute Gasteiger partial charge is 0.416 e. The van der Waals surface area contributed by atoms with Crippen LogP contribution in [0.5, 0.6) is 0 Å². The van der Waals surface area contributed by atoms with Crippen LogP contribution in [0.1, 0.15) is 25.6 Å². The molecule has 26 heavy (non-hydrogen) atoms. The average molecular weight is 382 g/mol. The van der Waals surface area contributed by atoms with Crippen molar-refractivity contribution < 1.29 is 22.8 Å². The summed E-state index contributed by atoms with van der Waals surface area (Å²) in [7, 11) is 0. The number of rotatable bonds is 4. The van der Waals surface area contributed by atoms with Crippen LogP contribution in [0.2, 0.25) is 0 Å². The van der Waals surface area contributed by atoms with Gasteiger partial charge in [0.25, 0.3) is 5.91 Å². The van der Waals surface area contributed by atoms with Crippen LogP contribution in [-0.2, 0) is 6.18 Å². The van der Waals surface area contributed by atoms with Gasteiger partial charge >= 0.3 is 6.18 Å². The minimum absolute atomic E-state index is 0.0579. The van der Waals surface area contributed by atoms with Gasteiger partial charge in [-0.2, -0.15) is 13.2 Å². The predicted octanol–water partition coefficient (Wildman–Crippen LogP) is 3.41. The average Bonchev–Trinajstić information content (AvgIpc) is 3.16. The Kier molecular flexibility index (Phi) is 5.43. The fourth-order valence-electron chi connectivity index (χ4n) is 2.81. The number of hydrogen-bond donors (Lipinski definition) is 0. The molecule has 1 aromatic heterocycles. The zero-order valence-corrected chi connectivity index (χ0v) is 14.6. The molecule has 1 amide bonds. The Morgan fingerprint density at radius 1 is 1.00 bits per heavy atom. The molecule has 2 heterocycles. The number of carbonyl (C=O) groups excluding carboxylic acids is 2. The van der Waals surface area contributed by atoms with Crippen LogP contribution < -0.4 is 0 Å². The van der Waals surface area contributed by atoms with Gasteiger partial charge in [-0.25, -0.2) is 0 Å². The Morgan fingerprint density at radius 2 is 1.65 bits per heavy atom. The number of carbonyl (C=O) groups is 2. The van der Waals surface area contributed by atoms with E-state index in [1.807, 2.05) is 16.3 Å². The highest BCUT2D eigenvalue weighted by atomic mass is 32.1. The summed E-state index contributed by atoms with van der Waals surface area (Å²) < 4.78 is 37.8. The van der Waals surface area contributed by atoms with Gasteiger partial charge in [0.2, 0.25) is 0 Å². The third-order valence-corrected chi connectivity index (χ3v) is 5.19. The zero-order valence-electron chi connectivity index (χ0n) is 13.8.